The van der Waals surface area contributed by atoms with Crippen molar-refractivity contribution in [3.05, 3.63) is 47.0 Å². The summed E-state index contributed by atoms with van der Waals surface area (Å²) in [6.45, 7) is 6.06. The first-order valence-electron chi connectivity index (χ1n) is 10.2. The maximum atomic E-state index is 13.4. The maximum Gasteiger partial charge on any atom is 0.239 e. The van der Waals surface area contributed by atoms with Gasteiger partial charge in [-0.1, -0.05) is 30.4 Å². The number of piperazine rings is 1. The monoisotopic (exact) mass is 395 g/mol. The first-order valence-corrected chi connectivity index (χ1v) is 10.2. The second-order valence-electron chi connectivity index (χ2n) is 8.62. The smallest absolute Gasteiger partial charge is 0.239 e. The van der Waals surface area contributed by atoms with E-state index in [0.717, 1.165) is 5.56 Å². The summed E-state index contributed by atoms with van der Waals surface area (Å²) in [6.07, 6.45) is 3.49. The minimum atomic E-state index is -0.722. The van der Waals surface area contributed by atoms with Crippen LogP contribution in [-0.4, -0.2) is 65.4 Å². The Morgan fingerprint density at radius 3 is 2.86 bits per heavy atom. The largest absolute Gasteiger partial charge is 0.360 e. The summed E-state index contributed by atoms with van der Waals surface area (Å²) in [4.78, 5) is 41.7. The fraction of sp³-hybridized carbons (Fsp3) is 0.500. The third-order valence-electron chi connectivity index (χ3n) is 6.76. The summed E-state index contributed by atoms with van der Waals surface area (Å²) in [5, 5.41) is 2.73. The minimum absolute atomic E-state index is 0.0325. The van der Waals surface area contributed by atoms with E-state index in [-0.39, 0.29) is 30.4 Å². The maximum absolute atomic E-state index is 13.4. The second-order valence-corrected chi connectivity index (χ2v) is 8.62. The molecule has 3 saturated heterocycles. The van der Waals surface area contributed by atoms with Gasteiger partial charge < -0.3 is 19.9 Å². The predicted octanol–water partition coefficient (Wildman–Crippen LogP) is 0.544. The number of aryl methyl sites for hydroxylation is 2. The zero-order valence-corrected chi connectivity index (χ0v) is 16.7. The van der Waals surface area contributed by atoms with Crippen molar-refractivity contribution in [1.29, 1.82) is 0 Å². The molecule has 0 saturated carbocycles. The molecule has 0 radical (unpaired) electrons. The second kappa shape index (κ2) is 6.42. The molecule has 3 fully saturated rings. The molecule has 1 N–H and O–H groups in total. The highest BCUT2D eigenvalue weighted by Crippen LogP contribution is 2.52. The summed E-state index contributed by atoms with van der Waals surface area (Å²) < 4.78 is 6.19. The van der Waals surface area contributed by atoms with Crippen LogP contribution in [0.1, 0.15) is 16.7 Å². The highest BCUT2D eigenvalue weighted by atomic mass is 16.5. The molecule has 3 amide bonds. The van der Waals surface area contributed by atoms with E-state index in [4.69, 9.17) is 4.74 Å². The third-order valence-corrected chi connectivity index (χ3v) is 6.76. The quantitative estimate of drug-likeness (QED) is 0.758. The molecule has 29 heavy (non-hydrogen) atoms. The lowest BCUT2D eigenvalue weighted by atomic mass is 9.76. The van der Waals surface area contributed by atoms with E-state index in [2.05, 4.69) is 31.3 Å². The average molecular weight is 395 g/mol. The van der Waals surface area contributed by atoms with E-state index >= 15 is 0 Å². The van der Waals surface area contributed by atoms with Crippen molar-refractivity contribution in [2.24, 2.45) is 11.8 Å². The Balaban J connectivity index is 1.39. The standard InChI is InChI=1S/C22H25N3O4/c1-13-3-4-15(9-14(13)2)10-25-12-22-6-5-16(29-22)18(19(22)21(25)28)20(27)24-8-7-23-17(26)11-24/h3-6,9,16,18-19H,7-8,10-12H2,1-2H3,(H,23,26)/t16-,18?,19?,22-/m0/s1. The van der Waals surface area contributed by atoms with E-state index in [0.29, 0.717) is 26.2 Å². The van der Waals surface area contributed by atoms with Gasteiger partial charge >= 0.3 is 0 Å². The van der Waals surface area contributed by atoms with Gasteiger partial charge in [0, 0.05) is 19.6 Å². The number of nitrogens with zero attached hydrogens (tertiary/aromatic N) is 2. The molecular weight excluding hydrogens is 370 g/mol. The highest BCUT2D eigenvalue weighted by Gasteiger charge is 2.67. The fourth-order valence-electron chi connectivity index (χ4n) is 5.15. The molecule has 5 rings (SSSR count). The molecule has 4 atom stereocenters. The van der Waals surface area contributed by atoms with Crippen molar-refractivity contribution in [2.45, 2.75) is 32.1 Å². The molecule has 1 aromatic carbocycles. The Morgan fingerprint density at radius 2 is 2.10 bits per heavy atom. The number of hydrogen-bond donors (Lipinski definition) is 1. The van der Waals surface area contributed by atoms with Crippen LogP contribution in [0.3, 0.4) is 0 Å². The number of hydrogen-bond acceptors (Lipinski definition) is 4. The van der Waals surface area contributed by atoms with Crippen molar-refractivity contribution in [1.82, 2.24) is 15.1 Å². The van der Waals surface area contributed by atoms with Gasteiger partial charge in [-0.3, -0.25) is 14.4 Å². The van der Waals surface area contributed by atoms with E-state index in [1.807, 2.05) is 23.1 Å². The van der Waals surface area contributed by atoms with E-state index in [1.165, 1.54) is 11.1 Å². The van der Waals surface area contributed by atoms with Gasteiger partial charge in [0.1, 0.15) is 5.60 Å². The molecule has 4 aliphatic rings. The van der Waals surface area contributed by atoms with Crippen LogP contribution in [0.4, 0.5) is 0 Å². The van der Waals surface area contributed by atoms with Crippen molar-refractivity contribution < 1.29 is 19.1 Å². The number of likely N-dealkylation sites (tertiary alicyclic amines) is 1. The molecule has 1 aromatic rings. The molecular formula is C22H25N3O4. The zero-order valence-electron chi connectivity index (χ0n) is 16.7. The summed E-state index contributed by atoms with van der Waals surface area (Å²) >= 11 is 0. The number of ether oxygens (including phenoxy) is 1. The van der Waals surface area contributed by atoms with E-state index < -0.39 is 17.4 Å². The van der Waals surface area contributed by atoms with Crippen LogP contribution in [0.2, 0.25) is 0 Å². The molecule has 7 heteroatoms. The summed E-state index contributed by atoms with van der Waals surface area (Å²) in [5.74, 6) is -1.41. The molecule has 2 bridgehead atoms. The van der Waals surface area contributed by atoms with Gasteiger partial charge in [-0.2, -0.15) is 0 Å². The first kappa shape index (κ1) is 18.4. The number of carbonyl (C=O) groups is 3. The van der Waals surface area contributed by atoms with Crippen LogP contribution in [-0.2, 0) is 25.7 Å². The highest BCUT2D eigenvalue weighted by molar-refractivity contribution is 5.94. The van der Waals surface area contributed by atoms with Gasteiger partial charge in [0.15, 0.2) is 0 Å². The lowest BCUT2D eigenvalue weighted by Crippen LogP contribution is -2.54. The lowest BCUT2D eigenvalue weighted by molar-refractivity contribution is -0.146. The molecule has 2 unspecified atom stereocenters. The van der Waals surface area contributed by atoms with Crippen LogP contribution in [0.5, 0.6) is 0 Å². The topological polar surface area (TPSA) is 79.0 Å². The number of rotatable bonds is 3. The van der Waals surface area contributed by atoms with Crippen molar-refractivity contribution in [3.8, 4) is 0 Å². The van der Waals surface area contributed by atoms with Crippen molar-refractivity contribution in [3.63, 3.8) is 0 Å². The number of amides is 3. The summed E-state index contributed by atoms with van der Waals surface area (Å²) in [5.41, 5.74) is 2.77. The number of benzene rings is 1. The van der Waals surface area contributed by atoms with Gasteiger partial charge in [0.25, 0.3) is 0 Å². The number of nitrogens with one attached hydrogen (secondary N) is 1. The van der Waals surface area contributed by atoms with Crippen molar-refractivity contribution in [2.75, 3.05) is 26.2 Å². The number of carbonyl (C=O) groups excluding carboxylic acids is 3. The minimum Gasteiger partial charge on any atom is -0.360 e. The van der Waals surface area contributed by atoms with Crippen LogP contribution in [0.25, 0.3) is 0 Å². The van der Waals surface area contributed by atoms with Gasteiger partial charge in [-0.15, -0.1) is 0 Å². The van der Waals surface area contributed by atoms with Crippen molar-refractivity contribution >= 4 is 17.7 Å². The lowest BCUT2D eigenvalue weighted by Gasteiger charge is -2.32. The molecule has 4 aliphatic heterocycles. The normalized spacial score (nSPS) is 32.7. The molecule has 4 heterocycles. The van der Waals surface area contributed by atoms with Crippen LogP contribution in [0, 0.1) is 25.7 Å². The summed E-state index contributed by atoms with van der Waals surface area (Å²) in [6, 6.07) is 6.22. The van der Waals surface area contributed by atoms with Crippen LogP contribution < -0.4 is 5.32 Å². The molecule has 7 nitrogen and oxygen atoms in total. The predicted molar refractivity (Wildman–Crippen MR) is 105 cm³/mol. The molecule has 1 spiro atoms. The van der Waals surface area contributed by atoms with E-state index in [9.17, 15) is 14.4 Å². The van der Waals surface area contributed by atoms with Gasteiger partial charge in [0.2, 0.25) is 17.7 Å². The SMILES string of the molecule is Cc1ccc(CN2C[C@]34C=C[C@H](O3)C(C(=O)N3CCNC(=O)C3)C4C2=O)cc1C. The fourth-order valence-corrected chi connectivity index (χ4v) is 5.15. The molecule has 152 valence electrons. The number of fused-ring (bicyclic) bond motifs is 1. The zero-order chi connectivity index (χ0) is 20.3. The van der Waals surface area contributed by atoms with E-state index in [1.54, 1.807) is 4.90 Å². The van der Waals surface area contributed by atoms with Crippen LogP contribution in [0.15, 0.2) is 30.4 Å². The average Bonchev–Trinajstić information content (AvgIpc) is 3.33. The van der Waals surface area contributed by atoms with Gasteiger partial charge in [0.05, 0.1) is 31.0 Å². The Labute approximate surface area is 169 Å². The first-order chi connectivity index (χ1) is 13.9. The molecule has 0 aliphatic carbocycles. The Hall–Kier alpha value is -2.67. The van der Waals surface area contributed by atoms with Gasteiger partial charge in [-0.05, 0) is 30.5 Å². The third kappa shape index (κ3) is 2.79. The van der Waals surface area contributed by atoms with Gasteiger partial charge in [-0.25, -0.2) is 0 Å². The molecule has 0 aromatic heterocycles. The Kier molecular flexibility index (Phi) is 4.07. The summed E-state index contributed by atoms with van der Waals surface area (Å²) in [7, 11) is 0. The Bertz CT molecular complexity index is 942. The van der Waals surface area contributed by atoms with Crippen LogP contribution >= 0.6 is 0 Å². The Morgan fingerprint density at radius 1 is 1.28 bits per heavy atom.